The van der Waals surface area contributed by atoms with Crippen LogP contribution in [0.5, 0.6) is 0 Å². The SMILES string of the molecule is CC1=C(CC(=O)O)C(=O)CC1C. The highest BCUT2D eigenvalue weighted by atomic mass is 16.4. The molecule has 0 aromatic heterocycles. The molecule has 0 radical (unpaired) electrons. The van der Waals surface area contributed by atoms with E-state index >= 15 is 0 Å². The summed E-state index contributed by atoms with van der Waals surface area (Å²) in [5.74, 6) is -0.693. The zero-order chi connectivity index (χ0) is 9.30. The van der Waals surface area contributed by atoms with Crippen LogP contribution in [0.2, 0.25) is 0 Å². The van der Waals surface area contributed by atoms with Gasteiger partial charge in [-0.2, -0.15) is 0 Å². The highest BCUT2D eigenvalue weighted by Gasteiger charge is 2.27. The van der Waals surface area contributed by atoms with Crippen LogP contribution in [-0.4, -0.2) is 16.9 Å². The number of aliphatic carboxylic acids is 1. The first-order valence-electron chi connectivity index (χ1n) is 3.97. The number of rotatable bonds is 2. The van der Waals surface area contributed by atoms with Gasteiger partial charge in [0.1, 0.15) is 0 Å². The number of carbonyl (C=O) groups is 2. The van der Waals surface area contributed by atoms with Crippen LogP contribution in [0.1, 0.15) is 26.7 Å². The lowest BCUT2D eigenvalue weighted by molar-refractivity contribution is -0.136. The first-order valence-corrected chi connectivity index (χ1v) is 3.97. The highest BCUT2D eigenvalue weighted by molar-refractivity contribution is 6.02. The van der Waals surface area contributed by atoms with Gasteiger partial charge in [0.05, 0.1) is 6.42 Å². The van der Waals surface area contributed by atoms with Gasteiger partial charge in [-0.25, -0.2) is 0 Å². The Kier molecular flexibility index (Phi) is 2.31. The van der Waals surface area contributed by atoms with E-state index < -0.39 is 5.97 Å². The lowest BCUT2D eigenvalue weighted by atomic mass is 10.0. The number of carboxylic acids is 1. The number of allylic oxidation sites excluding steroid dienone is 1. The average Bonchev–Trinajstić information content (AvgIpc) is 2.16. The molecule has 1 N–H and O–H groups in total. The van der Waals surface area contributed by atoms with Gasteiger partial charge < -0.3 is 5.11 Å². The molecule has 0 fully saturated rings. The van der Waals surface area contributed by atoms with Gasteiger partial charge in [-0.05, 0) is 12.8 Å². The van der Waals surface area contributed by atoms with Gasteiger partial charge in [0, 0.05) is 12.0 Å². The second kappa shape index (κ2) is 3.09. The monoisotopic (exact) mass is 168 g/mol. The largest absolute Gasteiger partial charge is 0.481 e. The molecule has 0 saturated heterocycles. The van der Waals surface area contributed by atoms with Gasteiger partial charge in [-0.3, -0.25) is 9.59 Å². The lowest BCUT2D eigenvalue weighted by Gasteiger charge is -2.00. The Morgan fingerprint density at radius 1 is 1.67 bits per heavy atom. The van der Waals surface area contributed by atoms with Crippen LogP contribution in [0.15, 0.2) is 11.1 Å². The molecule has 0 aromatic rings. The van der Waals surface area contributed by atoms with Gasteiger partial charge >= 0.3 is 5.97 Å². The maximum atomic E-state index is 11.2. The Balaban J connectivity index is 2.85. The Morgan fingerprint density at radius 2 is 2.25 bits per heavy atom. The molecule has 1 aliphatic carbocycles. The summed E-state index contributed by atoms with van der Waals surface area (Å²) in [6.45, 7) is 3.79. The maximum absolute atomic E-state index is 11.2. The molecule has 66 valence electrons. The number of hydrogen-bond donors (Lipinski definition) is 1. The normalized spacial score (nSPS) is 23.5. The van der Waals surface area contributed by atoms with Crippen LogP contribution in [0, 0.1) is 5.92 Å². The number of hydrogen-bond acceptors (Lipinski definition) is 2. The van der Waals surface area contributed by atoms with E-state index in [1.54, 1.807) is 0 Å². The maximum Gasteiger partial charge on any atom is 0.307 e. The predicted octanol–water partition coefficient (Wildman–Crippen LogP) is 1.39. The fraction of sp³-hybridized carbons (Fsp3) is 0.556. The minimum Gasteiger partial charge on any atom is -0.481 e. The van der Waals surface area contributed by atoms with E-state index in [0.717, 1.165) is 5.57 Å². The Hall–Kier alpha value is -1.12. The van der Waals surface area contributed by atoms with Crippen LogP contribution in [0.25, 0.3) is 0 Å². The molecule has 3 heteroatoms. The summed E-state index contributed by atoms with van der Waals surface area (Å²) in [7, 11) is 0. The van der Waals surface area contributed by atoms with Gasteiger partial charge in [-0.1, -0.05) is 12.5 Å². The predicted molar refractivity (Wildman–Crippen MR) is 43.7 cm³/mol. The first kappa shape index (κ1) is 8.97. The average molecular weight is 168 g/mol. The molecule has 0 amide bonds. The molecule has 1 aliphatic rings. The second-order valence-corrected chi connectivity index (χ2v) is 3.26. The molecule has 12 heavy (non-hydrogen) atoms. The van der Waals surface area contributed by atoms with Crippen molar-refractivity contribution in [3.8, 4) is 0 Å². The number of carbonyl (C=O) groups excluding carboxylic acids is 1. The van der Waals surface area contributed by atoms with Crippen LogP contribution in [0.4, 0.5) is 0 Å². The van der Waals surface area contributed by atoms with Crippen molar-refractivity contribution in [3.05, 3.63) is 11.1 Å². The van der Waals surface area contributed by atoms with E-state index in [-0.39, 0.29) is 18.1 Å². The summed E-state index contributed by atoms with van der Waals surface area (Å²) in [5, 5.41) is 8.51. The summed E-state index contributed by atoms with van der Waals surface area (Å²) in [4.78, 5) is 21.6. The molecule has 1 rings (SSSR count). The summed E-state index contributed by atoms with van der Waals surface area (Å²) in [6, 6.07) is 0. The van der Waals surface area contributed by atoms with Crippen molar-refractivity contribution in [1.29, 1.82) is 0 Å². The van der Waals surface area contributed by atoms with E-state index in [4.69, 9.17) is 5.11 Å². The summed E-state index contributed by atoms with van der Waals surface area (Å²) in [5.41, 5.74) is 1.46. The molecular weight excluding hydrogens is 156 g/mol. The van der Waals surface area contributed by atoms with Crippen molar-refractivity contribution in [1.82, 2.24) is 0 Å². The van der Waals surface area contributed by atoms with Crippen molar-refractivity contribution in [2.24, 2.45) is 5.92 Å². The Morgan fingerprint density at radius 3 is 2.58 bits per heavy atom. The highest BCUT2D eigenvalue weighted by Crippen LogP contribution is 2.30. The minimum absolute atomic E-state index is 0.00222. The molecule has 1 unspecified atom stereocenters. The van der Waals surface area contributed by atoms with Crippen molar-refractivity contribution < 1.29 is 14.7 Å². The summed E-state index contributed by atoms with van der Waals surface area (Å²) >= 11 is 0. The van der Waals surface area contributed by atoms with Crippen LogP contribution in [0.3, 0.4) is 0 Å². The summed E-state index contributed by atoms with van der Waals surface area (Å²) in [6.07, 6.45) is 0.365. The fourth-order valence-electron chi connectivity index (χ4n) is 1.46. The molecule has 0 bridgehead atoms. The molecule has 3 nitrogen and oxygen atoms in total. The van der Waals surface area contributed by atoms with Crippen LogP contribution in [-0.2, 0) is 9.59 Å². The molecule has 0 heterocycles. The first-order chi connectivity index (χ1) is 5.52. The molecule has 1 atom stereocenters. The van der Waals surface area contributed by atoms with Crippen molar-refractivity contribution >= 4 is 11.8 Å². The molecule has 0 aromatic carbocycles. The quantitative estimate of drug-likeness (QED) is 0.677. The molecule has 0 aliphatic heterocycles. The topological polar surface area (TPSA) is 54.4 Å². The molecular formula is C9H12O3. The lowest BCUT2D eigenvalue weighted by Crippen LogP contribution is -2.03. The van der Waals surface area contributed by atoms with E-state index in [2.05, 4.69) is 0 Å². The van der Waals surface area contributed by atoms with Gasteiger partial charge in [-0.15, -0.1) is 0 Å². The van der Waals surface area contributed by atoms with Crippen LogP contribution < -0.4 is 0 Å². The second-order valence-electron chi connectivity index (χ2n) is 3.26. The van der Waals surface area contributed by atoms with Gasteiger partial charge in [0.2, 0.25) is 0 Å². The van der Waals surface area contributed by atoms with E-state index in [0.29, 0.717) is 12.0 Å². The van der Waals surface area contributed by atoms with Crippen molar-refractivity contribution in [2.45, 2.75) is 26.7 Å². The smallest absolute Gasteiger partial charge is 0.307 e. The Bertz CT molecular complexity index is 263. The number of carboxylic acid groups (broad SMARTS) is 1. The Labute approximate surface area is 71.1 Å². The zero-order valence-electron chi connectivity index (χ0n) is 7.26. The van der Waals surface area contributed by atoms with E-state index in [1.807, 2.05) is 13.8 Å². The van der Waals surface area contributed by atoms with Crippen molar-refractivity contribution in [2.75, 3.05) is 0 Å². The molecule has 0 saturated carbocycles. The third-order valence-electron chi connectivity index (χ3n) is 2.37. The minimum atomic E-state index is -0.924. The van der Waals surface area contributed by atoms with E-state index in [9.17, 15) is 9.59 Å². The fourth-order valence-corrected chi connectivity index (χ4v) is 1.46. The summed E-state index contributed by atoms with van der Waals surface area (Å²) < 4.78 is 0. The third kappa shape index (κ3) is 1.55. The third-order valence-corrected chi connectivity index (χ3v) is 2.37. The van der Waals surface area contributed by atoms with Crippen LogP contribution >= 0.6 is 0 Å². The van der Waals surface area contributed by atoms with E-state index in [1.165, 1.54) is 0 Å². The standard InChI is InChI=1S/C9H12O3/c1-5-3-8(10)7(6(5)2)4-9(11)12/h5H,3-4H2,1-2H3,(H,11,12). The molecule has 0 spiro atoms. The van der Waals surface area contributed by atoms with Crippen molar-refractivity contribution in [3.63, 3.8) is 0 Å². The number of ketones is 1. The van der Waals surface area contributed by atoms with Gasteiger partial charge in [0.15, 0.2) is 5.78 Å². The number of Topliss-reactive ketones (excluding diaryl/α,β-unsaturated/α-hetero) is 1. The zero-order valence-corrected chi connectivity index (χ0v) is 7.26. The van der Waals surface area contributed by atoms with Gasteiger partial charge in [0.25, 0.3) is 0 Å².